The van der Waals surface area contributed by atoms with Crippen LogP contribution in [0.5, 0.6) is 0 Å². The van der Waals surface area contributed by atoms with Crippen LogP contribution in [0.2, 0.25) is 0 Å². The van der Waals surface area contributed by atoms with Crippen molar-refractivity contribution in [3.05, 3.63) is 35.4 Å². The second kappa shape index (κ2) is 6.40. The maximum absolute atomic E-state index is 11.9. The SMILES string of the molecule is CCCN(Cc1ccc(C)cc1)C(=O)C(C)N. The molecule has 0 saturated heterocycles. The first kappa shape index (κ1) is 13.7. The summed E-state index contributed by atoms with van der Waals surface area (Å²) in [6.45, 7) is 7.26. The van der Waals surface area contributed by atoms with Gasteiger partial charge in [0.1, 0.15) is 0 Å². The Hall–Kier alpha value is -1.35. The smallest absolute Gasteiger partial charge is 0.239 e. The van der Waals surface area contributed by atoms with Gasteiger partial charge in [0.25, 0.3) is 0 Å². The van der Waals surface area contributed by atoms with Gasteiger partial charge in [-0.05, 0) is 25.8 Å². The molecule has 0 spiro atoms. The molecule has 0 bridgehead atoms. The van der Waals surface area contributed by atoms with Gasteiger partial charge in [0.15, 0.2) is 0 Å². The number of carbonyl (C=O) groups excluding carboxylic acids is 1. The maximum Gasteiger partial charge on any atom is 0.239 e. The lowest BCUT2D eigenvalue weighted by Crippen LogP contribution is -2.42. The van der Waals surface area contributed by atoms with Crippen LogP contribution < -0.4 is 5.73 Å². The van der Waals surface area contributed by atoms with E-state index >= 15 is 0 Å². The molecule has 1 rings (SSSR count). The zero-order valence-electron chi connectivity index (χ0n) is 10.9. The van der Waals surface area contributed by atoms with Gasteiger partial charge in [-0.2, -0.15) is 0 Å². The summed E-state index contributed by atoms with van der Waals surface area (Å²) >= 11 is 0. The molecule has 3 heteroatoms. The Morgan fingerprint density at radius 1 is 1.35 bits per heavy atom. The lowest BCUT2D eigenvalue weighted by atomic mass is 10.1. The Bertz CT molecular complexity index is 357. The van der Waals surface area contributed by atoms with Crippen LogP contribution in [0.15, 0.2) is 24.3 Å². The van der Waals surface area contributed by atoms with Crippen molar-refractivity contribution >= 4 is 5.91 Å². The average Bonchev–Trinajstić information content (AvgIpc) is 2.30. The molecule has 3 nitrogen and oxygen atoms in total. The van der Waals surface area contributed by atoms with Gasteiger partial charge in [-0.1, -0.05) is 36.8 Å². The van der Waals surface area contributed by atoms with Crippen molar-refractivity contribution in [3.8, 4) is 0 Å². The lowest BCUT2D eigenvalue weighted by Gasteiger charge is -2.24. The van der Waals surface area contributed by atoms with E-state index < -0.39 is 6.04 Å². The molecule has 1 aromatic carbocycles. The second-order valence-corrected chi connectivity index (χ2v) is 4.53. The van der Waals surface area contributed by atoms with E-state index in [1.807, 2.05) is 4.90 Å². The molecule has 0 fully saturated rings. The van der Waals surface area contributed by atoms with Crippen LogP contribution in [0, 0.1) is 6.92 Å². The Morgan fingerprint density at radius 2 is 1.94 bits per heavy atom. The minimum Gasteiger partial charge on any atom is -0.337 e. The van der Waals surface area contributed by atoms with Crippen LogP contribution in [0.1, 0.15) is 31.4 Å². The first-order valence-corrected chi connectivity index (χ1v) is 6.14. The summed E-state index contributed by atoms with van der Waals surface area (Å²) < 4.78 is 0. The Kier molecular flexibility index (Phi) is 5.16. The summed E-state index contributed by atoms with van der Waals surface area (Å²) in [6.07, 6.45) is 0.949. The molecule has 1 aromatic rings. The Morgan fingerprint density at radius 3 is 2.41 bits per heavy atom. The van der Waals surface area contributed by atoms with Gasteiger partial charge in [0.2, 0.25) is 5.91 Å². The first-order valence-electron chi connectivity index (χ1n) is 6.14. The van der Waals surface area contributed by atoms with Crippen molar-refractivity contribution in [1.29, 1.82) is 0 Å². The molecule has 0 aliphatic carbocycles. The number of rotatable bonds is 5. The maximum atomic E-state index is 11.9. The van der Waals surface area contributed by atoms with E-state index in [1.54, 1.807) is 6.92 Å². The fourth-order valence-corrected chi connectivity index (χ4v) is 1.74. The predicted molar refractivity (Wildman–Crippen MR) is 70.5 cm³/mol. The molecule has 0 aromatic heterocycles. The van der Waals surface area contributed by atoms with Crippen LogP contribution >= 0.6 is 0 Å². The van der Waals surface area contributed by atoms with Gasteiger partial charge in [-0.3, -0.25) is 4.79 Å². The number of hydrogen-bond donors (Lipinski definition) is 1. The fraction of sp³-hybridized carbons (Fsp3) is 0.500. The number of amides is 1. The molecule has 0 aliphatic heterocycles. The highest BCUT2D eigenvalue weighted by atomic mass is 16.2. The monoisotopic (exact) mass is 234 g/mol. The van der Waals surface area contributed by atoms with E-state index in [0.717, 1.165) is 18.5 Å². The van der Waals surface area contributed by atoms with Crippen LogP contribution in [0.3, 0.4) is 0 Å². The van der Waals surface area contributed by atoms with Gasteiger partial charge in [0.05, 0.1) is 6.04 Å². The summed E-state index contributed by atoms with van der Waals surface area (Å²) in [7, 11) is 0. The molecule has 0 aliphatic rings. The molecule has 0 radical (unpaired) electrons. The molecule has 1 unspecified atom stereocenters. The molecule has 1 atom stereocenters. The zero-order valence-corrected chi connectivity index (χ0v) is 10.9. The molecule has 0 heterocycles. The van der Waals surface area contributed by atoms with Crippen LogP contribution in [0.4, 0.5) is 0 Å². The molecule has 2 N–H and O–H groups in total. The topological polar surface area (TPSA) is 46.3 Å². The highest BCUT2D eigenvalue weighted by Crippen LogP contribution is 2.08. The van der Waals surface area contributed by atoms with Crippen molar-refractivity contribution in [2.45, 2.75) is 39.8 Å². The van der Waals surface area contributed by atoms with Crippen molar-refractivity contribution in [2.75, 3.05) is 6.54 Å². The molecule has 0 saturated carbocycles. The van der Waals surface area contributed by atoms with Crippen molar-refractivity contribution < 1.29 is 4.79 Å². The number of carbonyl (C=O) groups is 1. The van der Waals surface area contributed by atoms with Gasteiger partial charge in [0, 0.05) is 13.1 Å². The lowest BCUT2D eigenvalue weighted by molar-refractivity contribution is -0.132. The molecular weight excluding hydrogens is 212 g/mol. The van der Waals surface area contributed by atoms with Gasteiger partial charge >= 0.3 is 0 Å². The fourth-order valence-electron chi connectivity index (χ4n) is 1.74. The molecular formula is C14H22N2O. The highest BCUT2D eigenvalue weighted by Gasteiger charge is 2.16. The second-order valence-electron chi connectivity index (χ2n) is 4.53. The van der Waals surface area contributed by atoms with Crippen molar-refractivity contribution in [3.63, 3.8) is 0 Å². The summed E-state index contributed by atoms with van der Waals surface area (Å²) in [4.78, 5) is 13.7. The Labute approximate surface area is 104 Å². The zero-order chi connectivity index (χ0) is 12.8. The van der Waals surface area contributed by atoms with Crippen LogP contribution in [-0.4, -0.2) is 23.4 Å². The number of nitrogens with zero attached hydrogens (tertiary/aromatic N) is 1. The van der Waals surface area contributed by atoms with Gasteiger partial charge < -0.3 is 10.6 Å². The summed E-state index contributed by atoms with van der Waals surface area (Å²) in [5, 5.41) is 0. The number of nitrogens with two attached hydrogens (primary N) is 1. The van der Waals surface area contributed by atoms with Crippen LogP contribution in [0.25, 0.3) is 0 Å². The predicted octanol–water partition coefficient (Wildman–Crippen LogP) is 2.08. The molecule has 17 heavy (non-hydrogen) atoms. The van der Waals surface area contributed by atoms with Gasteiger partial charge in [-0.15, -0.1) is 0 Å². The minimum atomic E-state index is -0.424. The molecule has 1 amide bonds. The van der Waals surface area contributed by atoms with E-state index in [1.165, 1.54) is 5.56 Å². The first-order chi connectivity index (χ1) is 8.04. The summed E-state index contributed by atoms with van der Waals surface area (Å²) in [5.41, 5.74) is 8.04. The third-order valence-electron chi connectivity index (χ3n) is 2.69. The van der Waals surface area contributed by atoms with Crippen molar-refractivity contribution in [1.82, 2.24) is 4.90 Å². The third kappa shape index (κ3) is 4.19. The highest BCUT2D eigenvalue weighted by molar-refractivity contribution is 5.81. The minimum absolute atomic E-state index is 0.0208. The average molecular weight is 234 g/mol. The van der Waals surface area contributed by atoms with Crippen molar-refractivity contribution in [2.24, 2.45) is 5.73 Å². The third-order valence-corrected chi connectivity index (χ3v) is 2.69. The van der Waals surface area contributed by atoms with E-state index in [2.05, 4.69) is 38.1 Å². The van der Waals surface area contributed by atoms with E-state index in [0.29, 0.717) is 6.54 Å². The summed E-state index contributed by atoms with van der Waals surface area (Å²) in [5.74, 6) is 0.0208. The largest absolute Gasteiger partial charge is 0.337 e. The van der Waals surface area contributed by atoms with Gasteiger partial charge in [-0.25, -0.2) is 0 Å². The van der Waals surface area contributed by atoms with Crippen LogP contribution in [-0.2, 0) is 11.3 Å². The normalized spacial score (nSPS) is 12.2. The summed E-state index contributed by atoms with van der Waals surface area (Å²) in [6, 6.07) is 7.83. The van der Waals surface area contributed by atoms with E-state index in [4.69, 9.17) is 5.73 Å². The number of hydrogen-bond acceptors (Lipinski definition) is 2. The number of aryl methyl sites for hydroxylation is 1. The quantitative estimate of drug-likeness (QED) is 0.848. The standard InChI is InChI=1S/C14H22N2O/c1-4-9-16(14(17)12(3)15)10-13-7-5-11(2)6-8-13/h5-8,12H,4,9-10,15H2,1-3H3. The Balaban J connectivity index is 2.72. The van der Waals surface area contributed by atoms with E-state index in [9.17, 15) is 4.79 Å². The van der Waals surface area contributed by atoms with E-state index in [-0.39, 0.29) is 5.91 Å². The number of benzene rings is 1. The molecule has 94 valence electrons.